The van der Waals surface area contributed by atoms with E-state index in [2.05, 4.69) is 10.3 Å². The maximum atomic E-state index is 10.7. The molecule has 1 heterocycles. The number of nitrogens with zero attached hydrogens (tertiary/aromatic N) is 1. The second-order valence-corrected chi connectivity index (χ2v) is 3.00. The summed E-state index contributed by atoms with van der Waals surface area (Å²) in [5.41, 5.74) is 0. The monoisotopic (exact) mass is 184 g/mol. The van der Waals surface area contributed by atoms with Gasteiger partial charge >= 0.3 is 5.97 Å². The fourth-order valence-corrected chi connectivity index (χ4v) is 1.20. The molecule has 0 aliphatic carbocycles. The van der Waals surface area contributed by atoms with Crippen LogP contribution in [0.15, 0.2) is 4.99 Å². The minimum absolute atomic E-state index is 0.0289. The van der Waals surface area contributed by atoms with Crippen molar-refractivity contribution >= 4 is 17.6 Å². The first-order chi connectivity index (χ1) is 6.11. The number of aliphatic carboxylic acids is 1. The van der Waals surface area contributed by atoms with Crippen LogP contribution in [0.25, 0.3) is 0 Å². The highest BCUT2D eigenvalue weighted by atomic mass is 16.4. The summed E-state index contributed by atoms with van der Waals surface area (Å²) < 4.78 is 0. The highest BCUT2D eigenvalue weighted by molar-refractivity contribution is 6.02. The van der Waals surface area contributed by atoms with E-state index in [1.165, 1.54) is 6.92 Å². The van der Waals surface area contributed by atoms with Gasteiger partial charge in [0.05, 0.1) is 6.54 Å². The van der Waals surface area contributed by atoms with E-state index in [0.717, 1.165) is 0 Å². The molecule has 0 amide bonds. The Labute approximate surface area is 75.9 Å². The van der Waals surface area contributed by atoms with Crippen molar-refractivity contribution in [1.29, 1.82) is 0 Å². The van der Waals surface area contributed by atoms with Gasteiger partial charge in [-0.2, -0.15) is 0 Å². The summed E-state index contributed by atoms with van der Waals surface area (Å²) in [5.74, 6) is -1.03. The van der Waals surface area contributed by atoms with Crippen molar-refractivity contribution in [3.05, 3.63) is 0 Å². The van der Waals surface area contributed by atoms with Gasteiger partial charge in [0, 0.05) is 6.54 Å². The molecule has 0 aromatic rings. The summed E-state index contributed by atoms with van der Waals surface area (Å²) in [7, 11) is 0. The van der Waals surface area contributed by atoms with Gasteiger partial charge in [-0.3, -0.25) is 14.6 Å². The number of amidine groups is 1. The molecule has 72 valence electrons. The number of hydrogen-bond donors (Lipinski definition) is 2. The van der Waals surface area contributed by atoms with Crippen molar-refractivity contribution in [2.45, 2.75) is 13.3 Å². The van der Waals surface area contributed by atoms with E-state index in [1.54, 1.807) is 0 Å². The normalized spacial score (nSPS) is 21.0. The summed E-state index contributed by atoms with van der Waals surface area (Å²) in [4.78, 5) is 25.2. The van der Waals surface area contributed by atoms with E-state index >= 15 is 0 Å². The minimum atomic E-state index is -0.882. The standard InChI is InChI=1S/C8H12N2O3/c1-5(11)4-10-7-6(8(12)13)2-3-9-7/h6H,2-4H2,1H3,(H,9,10)(H,12,13). The van der Waals surface area contributed by atoms with Gasteiger partial charge in [-0.25, -0.2) is 0 Å². The molecular weight excluding hydrogens is 172 g/mol. The lowest BCUT2D eigenvalue weighted by Gasteiger charge is -2.08. The van der Waals surface area contributed by atoms with Crippen molar-refractivity contribution in [3.63, 3.8) is 0 Å². The third-order valence-electron chi connectivity index (χ3n) is 1.85. The lowest BCUT2D eigenvalue weighted by molar-refractivity contribution is -0.139. The Morgan fingerprint density at radius 1 is 1.69 bits per heavy atom. The highest BCUT2D eigenvalue weighted by Gasteiger charge is 2.27. The van der Waals surface area contributed by atoms with Gasteiger partial charge in [0.15, 0.2) is 0 Å². The molecular formula is C8H12N2O3. The number of nitrogens with one attached hydrogen (secondary N) is 1. The van der Waals surface area contributed by atoms with Crippen molar-refractivity contribution in [3.8, 4) is 0 Å². The highest BCUT2D eigenvalue weighted by Crippen LogP contribution is 2.12. The summed E-state index contributed by atoms with van der Waals surface area (Å²) in [6.07, 6.45) is 0.523. The van der Waals surface area contributed by atoms with Crippen molar-refractivity contribution in [1.82, 2.24) is 5.32 Å². The van der Waals surface area contributed by atoms with Crippen LogP contribution in [0.5, 0.6) is 0 Å². The lowest BCUT2D eigenvalue weighted by atomic mass is 10.1. The van der Waals surface area contributed by atoms with Gasteiger partial charge in [-0.05, 0) is 13.3 Å². The molecule has 0 spiro atoms. The molecule has 13 heavy (non-hydrogen) atoms. The zero-order chi connectivity index (χ0) is 9.84. The van der Waals surface area contributed by atoms with Crippen LogP contribution in [-0.2, 0) is 9.59 Å². The molecule has 1 aliphatic heterocycles. The Kier molecular flexibility index (Phi) is 3.00. The molecule has 0 aromatic heterocycles. The quantitative estimate of drug-likeness (QED) is 0.629. The Bertz CT molecular complexity index is 260. The Morgan fingerprint density at radius 2 is 2.38 bits per heavy atom. The lowest BCUT2D eigenvalue weighted by Crippen LogP contribution is -2.35. The van der Waals surface area contributed by atoms with Crippen LogP contribution in [0, 0.1) is 5.92 Å². The predicted octanol–water partition coefficient (Wildman–Crippen LogP) is -0.332. The summed E-state index contributed by atoms with van der Waals surface area (Å²) in [6.45, 7) is 2.12. The van der Waals surface area contributed by atoms with E-state index in [0.29, 0.717) is 18.8 Å². The number of carboxylic acid groups (broad SMARTS) is 1. The molecule has 0 saturated carbocycles. The van der Waals surface area contributed by atoms with Crippen molar-refractivity contribution < 1.29 is 14.7 Å². The number of aliphatic imine (C=N–C) groups is 1. The second-order valence-electron chi connectivity index (χ2n) is 3.00. The van der Waals surface area contributed by atoms with Crippen LogP contribution in [0.1, 0.15) is 13.3 Å². The topological polar surface area (TPSA) is 78.8 Å². The predicted molar refractivity (Wildman–Crippen MR) is 46.7 cm³/mol. The smallest absolute Gasteiger partial charge is 0.314 e. The van der Waals surface area contributed by atoms with Crippen LogP contribution >= 0.6 is 0 Å². The average molecular weight is 184 g/mol. The van der Waals surface area contributed by atoms with Gasteiger partial charge in [-0.1, -0.05) is 0 Å². The molecule has 1 atom stereocenters. The van der Waals surface area contributed by atoms with Crippen LogP contribution in [0.3, 0.4) is 0 Å². The fourth-order valence-electron chi connectivity index (χ4n) is 1.20. The number of hydrogen-bond acceptors (Lipinski definition) is 4. The fraction of sp³-hybridized carbons (Fsp3) is 0.625. The van der Waals surface area contributed by atoms with Crippen molar-refractivity contribution in [2.75, 3.05) is 13.1 Å². The third-order valence-corrected chi connectivity index (χ3v) is 1.85. The molecule has 2 N–H and O–H groups in total. The molecule has 5 heteroatoms. The van der Waals surface area contributed by atoms with Crippen molar-refractivity contribution in [2.24, 2.45) is 10.9 Å². The Morgan fingerprint density at radius 3 is 2.92 bits per heavy atom. The van der Waals surface area contributed by atoms with Gasteiger partial charge in [0.2, 0.25) is 0 Å². The average Bonchev–Trinajstić information content (AvgIpc) is 2.47. The largest absolute Gasteiger partial charge is 0.481 e. The molecule has 1 rings (SSSR count). The van der Waals surface area contributed by atoms with Gasteiger partial charge in [0.1, 0.15) is 17.5 Å². The molecule has 0 fully saturated rings. The summed E-state index contributed by atoms with van der Waals surface area (Å²) in [6, 6.07) is 0. The summed E-state index contributed by atoms with van der Waals surface area (Å²) >= 11 is 0. The number of carbonyl (C=O) groups excluding carboxylic acids is 1. The molecule has 0 bridgehead atoms. The number of ketones is 1. The zero-order valence-electron chi connectivity index (χ0n) is 7.41. The number of carboxylic acids is 1. The Hall–Kier alpha value is -1.39. The van der Waals surface area contributed by atoms with Crippen LogP contribution in [-0.4, -0.2) is 35.8 Å². The first-order valence-electron chi connectivity index (χ1n) is 4.11. The van der Waals surface area contributed by atoms with Crippen LogP contribution < -0.4 is 5.32 Å². The third kappa shape index (κ3) is 2.54. The summed E-state index contributed by atoms with van der Waals surface area (Å²) in [5, 5.41) is 11.5. The van der Waals surface area contributed by atoms with E-state index in [4.69, 9.17) is 5.11 Å². The number of Topliss-reactive ketones (excluding diaryl/α,β-unsaturated/α-hetero) is 1. The first-order valence-corrected chi connectivity index (χ1v) is 4.11. The zero-order valence-corrected chi connectivity index (χ0v) is 7.41. The van der Waals surface area contributed by atoms with Crippen LogP contribution in [0.4, 0.5) is 0 Å². The van der Waals surface area contributed by atoms with Crippen LogP contribution in [0.2, 0.25) is 0 Å². The minimum Gasteiger partial charge on any atom is -0.481 e. The van der Waals surface area contributed by atoms with E-state index in [-0.39, 0.29) is 12.3 Å². The van der Waals surface area contributed by atoms with E-state index in [1.807, 2.05) is 0 Å². The molecule has 5 nitrogen and oxygen atoms in total. The maximum Gasteiger partial charge on any atom is 0.314 e. The Balaban J connectivity index is 2.48. The van der Waals surface area contributed by atoms with E-state index < -0.39 is 11.9 Å². The molecule has 0 aromatic carbocycles. The second kappa shape index (κ2) is 4.02. The van der Waals surface area contributed by atoms with E-state index in [9.17, 15) is 9.59 Å². The number of rotatable bonds is 3. The van der Waals surface area contributed by atoms with Gasteiger partial charge in [0.25, 0.3) is 0 Å². The molecule has 1 unspecified atom stereocenters. The first kappa shape index (κ1) is 9.70. The van der Waals surface area contributed by atoms with Gasteiger partial charge < -0.3 is 10.4 Å². The number of carbonyl (C=O) groups is 2. The SMILES string of the molecule is CC(=O)CNC1=NCCC1C(=O)O. The molecule has 1 aliphatic rings. The molecule has 0 radical (unpaired) electrons. The maximum absolute atomic E-state index is 10.7. The molecule has 0 saturated heterocycles. The van der Waals surface area contributed by atoms with Gasteiger partial charge in [-0.15, -0.1) is 0 Å².